The van der Waals surface area contributed by atoms with Gasteiger partial charge in [0.05, 0.1) is 17.7 Å². The van der Waals surface area contributed by atoms with Crippen LogP contribution >= 0.6 is 0 Å². The minimum absolute atomic E-state index is 0.164. The molecule has 27 heavy (non-hydrogen) atoms. The molecule has 6 nitrogen and oxygen atoms in total. The fraction of sp³-hybridized carbons (Fsp3) is 0.0952. The van der Waals surface area contributed by atoms with E-state index in [1.165, 1.54) is 6.20 Å². The molecular formula is C21H20N6. The Balaban J connectivity index is 2.20. The summed E-state index contributed by atoms with van der Waals surface area (Å²) in [5.41, 5.74) is 9.03. The summed E-state index contributed by atoms with van der Waals surface area (Å²) in [6.07, 6.45) is 10.1. The van der Waals surface area contributed by atoms with Crippen LogP contribution in [-0.4, -0.2) is 15.0 Å². The van der Waals surface area contributed by atoms with Gasteiger partial charge < -0.3 is 10.7 Å². The van der Waals surface area contributed by atoms with E-state index < -0.39 is 0 Å². The van der Waals surface area contributed by atoms with Crippen molar-refractivity contribution in [1.82, 2.24) is 15.0 Å². The number of nitrogens with zero attached hydrogens (tertiary/aromatic N) is 4. The van der Waals surface area contributed by atoms with Crippen molar-refractivity contribution < 1.29 is 0 Å². The molecule has 4 N–H and O–H groups in total. The Morgan fingerprint density at radius 2 is 1.59 bits per heavy atom. The highest BCUT2D eigenvalue weighted by molar-refractivity contribution is 5.40. The van der Waals surface area contributed by atoms with E-state index in [2.05, 4.69) is 16.0 Å². The van der Waals surface area contributed by atoms with E-state index in [1.807, 2.05) is 54.9 Å². The summed E-state index contributed by atoms with van der Waals surface area (Å²) in [5.74, 6) is 6.21. The van der Waals surface area contributed by atoms with Gasteiger partial charge in [-0.05, 0) is 41.0 Å². The van der Waals surface area contributed by atoms with Crippen LogP contribution in [0.3, 0.4) is 0 Å². The van der Waals surface area contributed by atoms with Gasteiger partial charge in [0.2, 0.25) is 0 Å². The summed E-state index contributed by atoms with van der Waals surface area (Å²) in [4.78, 5) is 8.54. The summed E-state index contributed by atoms with van der Waals surface area (Å²) >= 11 is 0. The summed E-state index contributed by atoms with van der Waals surface area (Å²) in [6, 6.07) is 17.1. The lowest BCUT2D eigenvalue weighted by molar-refractivity contribution is 0.264. The van der Waals surface area contributed by atoms with E-state index in [0.717, 1.165) is 16.7 Å². The van der Waals surface area contributed by atoms with E-state index in [1.54, 1.807) is 29.7 Å². The van der Waals surface area contributed by atoms with Crippen LogP contribution < -0.4 is 11.6 Å². The van der Waals surface area contributed by atoms with Crippen molar-refractivity contribution in [2.24, 2.45) is 11.6 Å². The predicted molar refractivity (Wildman–Crippen MR) is 104 cm³/mol. The molecule has 0 aliphatic rings. The zero-order valence-corrected chi connectivity index (χ0v) is 14.7. The monoisotopic (exact) mass is 356 g/mol. The van der Waals surface area contributed by atoms with Crippen molar-refractivity contribution in [3.05, 3.63) is 108 Å². The Labute approximate surface area is 158 Å². The minimum atomic E-state index is -0.313. The zero-order chi connectivity index (χ0) is 19.1. The molecule has 0 fully saturated rings. The van der Waals surface area contributed by atoms with Crippen molar-refractivity contribution in [2.75, 3.05) is 0 Å². The summed E-state index contributed by atoms with van der Waals surface area (Å²) in [6.45, 7) is 0. The average molecular weight is 356 g/mol. The largest absolute Gasteiger partial charge is 0.403 e. The number of nitrogens with two attached hydrogens (primary N) is 2. The van der Waals surface area contributed by atoms with E-state index >= 15 is 0 Å². The molecule has 0 aliphatic carbocycles. The zero-order valence-electron chi connectivity index (χ0n) is 14.7. The molecule has 0 amide bonds. The average Bonchev–Trinajstić information content (AvgIpc) is 2.73. The third-order valence-corrected chi connectivity index (χ3v) is 4.34. The molecule has 6 heteroatoms. The van der Waals surface area contributed by atoms with Crippen LogP contribution in [0.5, 0.6) is 0 Å². The predicted octanol–water partition coefficient (Wildman–Crippen LogP) is 2.83. The lowest BCUT2D eigenvalue weighted by Gasteiger charge is -2.34. The highest BCUT2D eigenvalue weighted by atomic mass is 15.4. The number of hydrazine groups is 1. The van der Waals surface area contributed by atoms with Gasteiger partial charge in [-0.1, -0.05) is 24.3 Å². The second-order valence-corrected chi connectivity index (χ2v) is 6.02. The Morgan fingerprint density at radius 1 is 0.963 bits per heavy atom. The molecule has 0 saturated heterocycles. The van der Waals surface area contributed by atoms with Crippen LogP contribution in [0.4, 0.5) is 0 Å². The van der Waals surface area contributed by atoms with Gasteiger partial charge in [0.15, 0.2) is 0 Å². The molecule has 0 aliphatic heterocycles. The number of hydrogen-bond donors (Lipinski definition) is 2. The van der Waals surface area contributed by atoms with Gasteiger partial charge >= 0.3 is 0 Å². The molecule has 3 aromatic rings. The SMILES string of the molecule is N#Cc1cccc(C(C(c2cccnc2)c2cccnc2)N(N)/C=C\N)c1. The molecule has 0 saturated carbocycles. The van der Waals surface area contributed by atoms with Gasteiger partial charge in [0.1, 0.15) is 0 Å². The normalized spacial score (nSPS) is 12.0. The minimum Gasteiger partial charge on any atom is -0.403 e. The number of rotatable bonds is 6. The standard InChI is InChI=1S/C21H20N6/c22-8-11-27(24)21(17-5-1-4-16(12-17)13-23)20(18-6-2-9-25-14-18)19-7-3-10-26-15-19/h1-12,14-15,20-21H,22,24H2/b11-8-. The van der Waals surface area contributed by atoms with Crippen molar-refractivity contribution in [3.63, 3.8) is 0 Å². The number of pyridine rings is 2. The number of aromatic nitrogens is 2. The van der Waals surface area contributed by atoms with E-state index in [-0.39, 0.29) is 12.0 Å². The van der Waals surface area contributed by atoms with Crippen molar-refractivity contribution in [3.8, 4) is 6.07 Å². The van der Waals surface area contributed by atoms with Gasteiger partial charge in [-0.3, -0.25) is 9.97 Å². The van der Waals surface area contributed by atoms with E-state index in [4.69, 9.17) is 11.6 Å². The third kappa shape index (κ3) is 4.11. The molecule has 0 radical (unpaired) electrons. The van der Waals surface area contributed by atoms with Gasteiger partial charge in [0, 0.05) is 43.1 Å². The maximum atomic E-state index is 9.31. The fourth-order valence-electron chi connectivity index (χ4n) is 3.20. The summed E-state index contributed by atoms with van der Waals surface area (Å²) in [7, 11) is 0. The molecule has 2 heterocycles. The first-order valence-corrected chi connectivity index (χ1v) is 8.46. The lowest BCUT2D eigenvalue weighted by atomic mass is 9.82. The molecular weight excluding hydrogens is 336 g/mol. The second-order valence-electron chi connectivity index (χ2n) is 6.02. The molecule has 3 rings (SSSR count). The van der Waals surface area contributed by atoms with Crippen molar-refractivity contribution in [2.45, 2.75) is 12.0 Å². The Kier molecular flexibility index (Phi) is 5.77. The third-order valence-electron chi connectivity index (χ3n) is 4.34. The van der Waals surface area contributed by atoms with Gasteiger partial charge in [-0.2, -0.15) is 5.26 Å². The summed E-state index contributed by atoms with van der Waals surface area (Å²) in [5, 5.41) is 10.9. The molecule has 0 spiro atoms. The molecule has 1 atom stereocenters. The Hall–Kier alpha value is -3.69. The highest BCUT2D eigenvalue weighted by Crippen LogP contribution is 2.39. The van der Waals surface area contributed by atoms with Gasteiger partial charge in [0.25, 0.3) is 0 Å². The molecule has 0 bridgehead atoms. The quantitative estimate of drug-likeness (QED) is 0.520. The molecule has 2 aromatic heterocycles. The molecule has 1 unspecified atom stereocenters. The maximum absolute atomic E-state index is 9.31. The van der Waals surface area contributed by atoms with Crippen LogP contribution in [-0.2, 0) is 0 Å². The molecule has 1 aromatic carbocycles. The Bertz CT molecular complexity index is 894. The number of benzene rings is 1. The van der Waals surface area contributed by atoms with Crippen LogP contribution in [0, 0.1) is 11.3 Å². The summed E-state index contributed by atoms with van der Waals surface area (Å²) < 4.78 is 0. The smallest absolute Gasteiger partial charge is 0.0991 e. The number of hydrogen-bond acceptors (Lipinski definition) is 6. The van der Waals surface area contributed by atoms with Crippen molar-refractivity contribution in [1.29, 1.82) is 5.26 Å². The van der Waals surface area contributed by atoms with E-state index in [9.17, 15) is 5.26 Å². The lowest BCUT2D eigenvalue weighted by Crippen LogP contribution is -2.35. The molecule has 134 valence electrons. The highest BCUT2D eigenvalue weighted by Gasteiger charge is 2.30. The first-order chi connectivity index (χ1) is 13.2. The maximum Gasteiger partial charge on any atom is 0.0991 e. The van der Waals surface area contributed by atoms with Crippen LogP contribution in [0.2, 0.25) is 0 Å². The van der Waals surface area contributed by atoms with Gasteiger partial charge in [-0.15, -0.1) is 0 Å². The second kappa shape index (κ2) is 8.61. The Morgan fingerprint density at radius 3 is 2.11 bits per heavy atom. The van der Waals surface area contributed by atoms with Crippen LogP contribution in [0.1, 0.15) is 34.2 Å². The first kappa shape index (κ1) is 18.1. The number of nitriles is 1. The van der Waals surface area contributed by atoms with Crippen LogP contribution in [0.25, 0.3) is 0 Å². The first-order valence-electron chi connectivity index (χ1n) is 8.46. The van der Waals surface area contributed by atoms with Crippen LogP contribution in [0.15, 0.2) is 85.7 Å². The van der Waals surface area contributed by atoms with E-state index in [0.29, 0.717) is 5.56 Å². The van der Waals surface area contributed by atoms with Gasteiger partial charge in [-0.25, -0.2) is 5.84 Å². The fourth-order valence-corrected chi connectivity index (χ4v) is 3.20. The van der Waals surface area contributed by atoms with Crippen molar-refractivity contribution >= 4 is 0 Å². The topological polar surface area (TPSA) is 105 Å².